The van der Waals surface area contributed by atoms with E-state index in [1.165, 1.54) is 43.4 Å². The van der Waals surface area contributed by atoms with Gasteiger partial charge in [-0.3, -0.25) is 14.6 Å². The van der Waals surface area contributed by atoms with Gasteiger partial charge in [0.15, 0.2) is 5.96 Å². The van der Waals surface area contributed by atoms with Crippen molar-refractivity contribution < 1.29 is 9.47 Å². The van der Waals surface area contributed by atoms with Gasteiger partial charge in [0.1, 0.15) is 0 Å². The fourth-order valence-electron chi connectivity index (χ4n) is 4.88. The zero-order valence-corrected chi connectivity index (χ0v) is 22.0. The van der Waals surface area contributed by atoms with Gasteiger partial charge in [-0.25, -0.2) is 0 Å². The molecule has 1 saturated carbocycles. The molecule has 31 heavy (non-hydrogen) atoms. The maximum absolute atomic E-state index is 5.60. The summed E-state index contributed by atoms with van der Waals surface area (Å²) in [4.78, 5) is 7.14. The van der Waals surface area contributed by atoms with Gasteiger partial charge in [-0.05, 0) is 26.7 Å². The van der Waals surface area contributed by atoms with E-state index >= 15 is 0 Å². The molecule has 1 aliphatic heterocycles. The average Bonchev–Trinajstić information content (AvgIpc) is 3.06. The summed E-state index contributed by atoms with van der Waals surface area (Å²) in [6.07, 6.45) is 6.47. The maximum Gasteiger partial charge on any atom is 0.191 e. The molecule has 0 atom stereocenters. The van der Waals surface area contributed by atoms with Gasteiger partial charge in [-0.15, -0.1) is 24.0 Å². The number of aromatic nitrogens is 2. The van der Waals surface area contributed by atoms with Crippen LogP contribution in [0, 0.1) is 13.8 Å². The molecule has 8 nitrogen and oxygen atoms in total. The summed E-state index contributed by atoms with van der Waals surface area (Å²) >= 11 is 0. The van der Waals surface area contributed by atoms with E-state index in [1.54, 1.807) is 7.11 Å². The second-order valence-electron chi connectivity index (χ2n) is 8.53. The van der Waals surface area contributed by atoms with Crippen molar-refractivity contribution in [1.82, 2.24) is 25.3 Å². The van der Waals surface area contributed by atoms with Crippen LogP contribution >= 0.6 is 24.0 Å². The van der Waals surface area contributed by atoms with Crippen LogP contribution in [0.4, 0.5) is 0 Å². The summed E-state index contributed by atoms with van der Waals surface area (Å²) in [7, 11) is 3.57. The van der Waals surface area contributed by atoms with Crippen LogP contribution in [-0.4, -0.2) is 79.8 Å². The second kappa shape index (κ2) is 13.0. The number of nitrogens with one attached hydrogen (secondary N) is 2. The van der Waals surface area contributed by atoms with Crippen LogP contribution in [0.25, 0.3) is 0 Å². The molecule has 2 aliphatic rings. The van der Waals surface area contributed by atoms with Crippen LogP contribution < -0.4 is 10.6 Å². The van der Waals surface area contributed by atoms with Crippen LogP contribution in [0.5, 0.6) is 0 Å². The Balaban J connectivity index is 0.00000341. The molecule has 0 radical (unpaired) electrons. The van der Waals surface area contributed by atoms with Gasteiger partial charge in [0.25, 0.3) is 0 Å². The lowest BCUT2D eigenvalue weighted by Crippen LogP contribution is -2.60. The molecular weight excluding hydrogens is 507 g/mol. The zero-order chi connectivity index (χ0) is 21.4. The van der Waals surface area contributed by atoms with Gasteiger partial charge in [-0.1, -0.05) is 19.3 Å². The minimum Gasteiger partial charge on any atom is -0.383 e. The van der Waals surface area contributed by atoms with Crippen molar-refractivity contribution in [2.24, 2.45) is 4.99 Å². The highest BCUT2D eigenvalue weighted by Crippen LogP contribution is 2.33. The SMILES string of the molecule is CN=C(NCc1c(C)nn(CCOC)c1C)NCC1(N2CCOCC2)CCCCC1.I. The molecule has 1 aromatic heterocycles. The number of nitrogens with zero attached hydrogens (tertiary/aromatic N) is 4. The summed E-state index contributed by atoms with van der Waals surface area (Å²) in [5.41, 5.74) is 3.69. The summed E-state index contributed by atoms with van der Waals surface area (Å²) in [6.45, 7) is 11.0. The quantitative estimate of drug-likeness (QED) is 0.296. The number of hydrogen-bond donors (Lipinski definition) is 2. The van der Waals surface area contributed by atoms with Gasteiger partial charge in [0.2, 0.25) is 0 Å². The smallest absolute Gasteiger partial charge is 0.191 e. The zero-order valence-electron chi connectivity index (χ0n) is 19.7. The van der Waals surface area contributed by atoms with Crippen LogP contribution in [0.2, 0.25) is 0 Å². The lowest BCUT2D eigenvalue weighted by molar-refractivity contribution is -0.0352. The van der Waals surface area contributed by atoms with E-state index in [0.29, 0.717) is 6.61 Å². The molecule has 3 rings (SSSR count). The van der Waals surface area contributed by atoms with Crippen molar-refractivity contribution in [1.29, 1.82) is 0 Å². The van der Waals surface area contributed by atoms with Gasteiger partial charge in [0.05, 0.1) is 32.1 Å². The summed E-state index contributed by atoms with van der Waals surface area (Å²) in [6, 6.07) is 0. The van der Waals surface area contributed by atoms with Gasteiger partial charge in [-0.2, -0.15) is 5.10 Å². The van der Waals surface area contributed by atoms with E-state index in [9.17, 15) is 0 Å². The Hall–Kier alpha value is -0.910. The minimum atomic E-state index is 0. The molecule has 2 fully saturated rings. The van der Waals surface area contributed by atoms with E-state index in [2.05, 4.69) is 39.5 Å². The van der Waals surface area contributed by atoms with Crippen LogP contribution in [0.15, 0.2) is 4.99 Å². The molecule has 1 aromatic rings. The standard InChI is InChI=1S/C22H40N6O2.HI/c1-18-20(19(2)28(26-18)12-13-29-4)16-24-21(23-3)25-17-22(8-6-5-7-9-22)27-10-14-30-15-11-27;/h5-17H2,1-4H3,(H2,23,24,25);1H. The molecule has 9 heteroatoms. The molecule has 1 aliphatic carbocycles. The second-order valence-corrected chi connectivity index (χ2v) is 8.53. The van der Waals surface area contributed by atoms with Gasteiger partial charge < -0.3 is 20.1 Å². The number of ether oxygens (including phenoxy) is 2. The number of guanidine groups is 1. The Labute approximate surface area is 204 Å². The minimum absolute atomic E-state index is 0. The van der Waals surface area contributed by atoms with E-state index in [0.717, 1.165) is 57.6 Å². The Morgan fingerprint density at radius 2 is 1.87 bits per heavy atom. The van der Waals surface area contributed by atoms with Gasteiger partial charge >= 0.3 is 0 Å². The van der Waals surface area contributed by atoms with E-state index in [-0.39, 0.29) is 29.5 Å². The molecule has 0 spiro atoms. The highest BCUT2D eigenvalue weighted by Gasteiger charge is 2.38. The van der Waals surface area contributed by atoms with E-state index < -0.39 is 0 Å². The van der Waals surface area contributed by atoms with Gasteiger partial charge in [0, 0.05) is 57.1 Å². The summed E-state index contributed by atoms with van der Waals surface area (Å²) < 4.78 is 12.8. The number of morpholine rings is 1. The highest BCUT2D eigenvalue weighted by molar-refractivity contribution is 14.0. The number of methoxy groups -OCH3 is 1. The molecule has 178 valence electrons. The summed E-state index contributed by atoms with van der Waals surface area (Å²) in [5, 5.41) is 11.8. The number of halogens is 1. The Kier molecular flexibility index (Phi) is 11.0. The van der Waals surface area contributed by atoms with Crippen LogP contribution in [0.1, 0.15) is 49.1 Å². The lowest BCUT2D eigenvalue weighted by Gasteiger charge is -2.48. The predicted molar refractivity (Wildman–Crippen MR) is 135 cm³/mol. The highest BCUT2D eigenvalue weighted by atomic mass is 127. The largest absolute Gasteiger partial charge is 0.383 e. The normalized spacial score (nSPS) is 19.7. The third kappa shape index (κ3) is 6.79. The molecule has 0 aromatic carbocycles. The third-order valence-electron chi connectivity index (χ3n) is 6.75. The van der Waals surface area contributed by atoms with Crippen molar-refractivity contribution in [2.75, 3.05) is 53.6 Å². The monoisotopic (exact) mass is 548 g/mol. The van der Waals surface area contributed by atoms with Crippen molar-refractivity contribution in [3.63, 3.8) is 0 Å². The average molecular weight is 549 g/mol. The molecule has 2 N–H and O–H groups in total. The van der Waals surface area contributed by atoms with Crippen LogP contribution in [-0.2, 0) is 22.6 Å². The van der Waals surface area contributed by atoms with Crippen LogP contribution in [0.3, 0.4) is 0 Å². The van der Waals surface area contributed by atoms with E-state index in [1.807, 2.05) is 11.7 Å². The van der Waals surface area contributed by atoms with Crippen molar-refractivity contribution in [3.05, 3.63) is 17.0 Å². The number of rotatable bonds is 8. The molecule has 0 unspecified atom stereocenters. The Morgan fingerprint density at radius 3 is 2.52 bits per heavy atom. The fourth-order valence-corrected chi connectivity index (χ4v) is 4.88. The molecule has 0 amide bonds. The van der Waals surface area contributed by atoms with Crippen molar-refractivity contribution >= 4 is 29.9 Å². The number of aryl methyl sites for hydroxylation is 1. The van der Waals surface area contributed by atoms with Crippen molar-refractivity contribution in [3.8, 4) is 0 Å². The molecule has 1 saturated heterocycles. The van der Waals surface area contributed by atoms with Crippen molar-refractivity contribution in [2.45, 2.75) is 64.6 Å². The lowest BCUT2D eigenvalue weighted by atomic mass is 9.80. The van der Waals surface area contributed by atoms with E-state index in [4.69, 9.17) is 9.47 Å². The first-order chi connectivity index (χ1) is 14.6. The topological polar surface area (TPSA) is 75.9 Å². The number of aliphatic imine (C=N–C) groups is 1. The fraction of sp³-hybridized carbons (Fsp3) is 0.818. The Morgan fingerprint density at radius 1 is 1.16 bits per heavy atom. The third-order valence-corrected chi connectivity index (χ3v) is 6.75. The molecular formula is C22H41IN6O2. The molecule has 0 bridgehead atoms. The summed E-state index contributed by atoms with van der Waals surface area (Å²) in [5.74, 6) is 0.858. The first-order valence-corrected chi connectivity index (χ1v) is 11.4. The first-order valence-electron chi connectivity index (χ1n) is 11.4. The predicted octanol–water partition coefficient (Wildman–Crippen LogP) is 2.46. The Bertz CT molecular complexity index is 696. The first kappa shape index (κ1) is 26.3. The maximum atomic E-state index is 5.60. The molecule has 2 heterocycles. The number of hydrogen-bond acceptors (Lipinski definition) is 5.